The fraction of sp³-hybridized carbons (Fsp3) is 0.462. The van der Waals surface area contributed by atoms with Crippen molar-refractivity contribution in [2.75, 3.05) is 12.8 Å². The van der Waals surface area contributed by atoms with Gasteiger partial charge in [0, 0.05) is 18.9 Å². The van der Waals surface area contributed by atoms with Gasteiger partial charge in [-0.25, -0.2) is 13.1 Å². The van der Waals surface area contributed by atoms with Crippen LogP contribution in [-0.4, -0.2) is 32.2 Å². The van der Waals surface area contributed by atoms with E-state index < -0.39 is 17.4 Å². The predicted molar refractivity (Wildman–Crippen MR) is 134 cm³/mol. The van der Waals surface area contributed by atoms with Crippen molar-refractivity contribution in [2.45, 2.75) is 49.5 Å². The van der Waals surface area contributed by atoms with Crippen molar-refractivity contribution in [2.24, 2.45) is 17.8 Å². The second-order valence-corrected chi connectivity index (χ2v) is 13.9. The lowest BCUT2D eigenvalue weighted by Gasteiger charge is -2.31. The summed E-state index contributed by atoms with van der Waals surface area (Å²) in [5.74, 6) is 1.29. The van der Waals surface area contributed by atoms with Crippen LogP contribution in [0.3, 0.4) is 0 Å². The van der Waals surface area contributed by atoms with Crippen molar-refractivity contribution in [3.63, 3.8) is 0 Å². The van der Waals surface area contributed by atoms with Gasteiger partial charge in [-0.2, -0.15) is 0 Å². The largest absolute Gasteiger partial charge is 0.344 e. The predicted octanol–water partition coefficient (Wildman–Crippen LogP) is 5.67. The highest BCUT2D eigenvalue weighted by Gasteiger charge is 2.48. The minimum absolute atomic E-state index is 0.0273. The van der Waals surface area contributed by atoms with Crippen LogP contribution in [0.25, 0.3) is 11.1 Å². The molecule has 2 bridgehead atoms. The van der Waals surface area contributed by atoms with E-state index in [0.29, 0.717) is 35.2 Å². The second-order valence-electron chi connectivity index (χ2n) is 9.66. The summed E-state index contributed by atoms with van der Waals surface area (Å²) in [5.41, 5.74) is 2.06. The van der Waals surface area contributed by atoms with Gasteiger partial charge in [0.2, 0.25) is 10.0 Å². The van der Waals surface area contributed by atoms with Gasteiger partial charge in [-0.1, -0.05) is 54.6 Å². The Morgan fingerprint density at radius 1 is 1.00 bits per heavy atom. The number of fused-ring (bicyclic) bond motifs is 2. The van der Waals surface area contributed by atoms with Gasteiger partial charge < -0.3 is 4.89 Å². The van der Waals surface area contributed by atoms with Crippen molar-refractivity contribution in [3.8, 4) is 11.1 Å². The van der Waals surface area contributed by atoms with Crippen LogP contribution in [-0.2, 0) is 14.6 Å². The fourth-order valence-corrected chi connectivity index (χ4v) is 7.64. The van der Waals surface area contributed by atoms with Gasteiger partial charge in [-0.15, -0.1) is 0 Å². The molecule has 178 valence electrons. The SMILES string of the molecule is CP(=O)(O)CCC/C=C\CC1C2CC[C@H](C2)C1NS(=O)(=O)c1ccc(-c2ccccc2)cc1. The molecule has 0 spiro atoms. The summed E-state index contributed by atoms with van der Waals surface area (Å²) in [5, 5.41) is 0. The molecule has 4 rings (SSSR count). The average Bonchev–Trinajstić information content (AvgIpc) is 3.38. The number of allylic oxidation sites excluding steroid dienone is 2. The summed E-state index contributed by atoms with van der Waals surface area (Å²) >= 11 is 0. The molecule has 0 aromatic heterocycles. The minimum atomic E-state index is -3.59. The molecule has 0 amide bonds. The second kappa shape index (κ2) is 10.3. The molecule has 2 aliphatic carbocycles. The molecular formula is C26H34NO4PS. The molecule has 2 N–H and O–H groups in total. The first-order chi connectivity index (χ1) is 15.7. The van der Waals surface area contributed by atoms with Gasteiger partial charge in [0.25, 0.3) is 0 Å². The maximum Gasteiger partial charge on any atom is 0.240 e. The van der Waals surface area contributed by atoms with E-state index in [4.69, 9.17) is 0 Å². The molecule has 0 saturated heterocycles. The smallest absolute Gasteiger partial charge is 0.240 e. The van der Waals surface area contributed by atoms with E-state index in [1.54, 1.807) is 12.1 Å². The van der Waals surface area contributed by atoms with Crippen LogP contribution in [0, 0.1) is 17.8 Å². The Bertz CT molecular complexity index is 1110. The van der Waals surface area contributed by atoms with Crippen LogP contribution in [0.2, 0.25) is 0 Å². The summed E-state index contributed by atoms with van der Waals surface area (Å²) in [6.07, 6.45) is 10.3. The van der Waals surface area contributed by atoms with E-state index >= 15 is 0 Å². The van der Waals surface area contributed by atoms with Gasteiger partial charge in [0.05, 0.1) is 4.90 Å². The number of hydrogen-bond acceptors (Lipinski definition) is 3. The lowest BCUT2D eigenvalue weighted by molar-refractivity contribution is 0.274. The molecule has 7 heteroatoms. The molecule has 5 nitrogen and oxygen atoms in total. The third kappa shape index (κ3) is 6.24. The topological polar surface area (TPSA) is 83.5 Å². The van der Waals surface area contributed by atoms with Crippen molar-refractivity contribution in [3.05, 3.63) is 66.7 Å². The van der Waals surface area contributed by atoms with E-state index in [1.807, 2.05) is 42.5 Å². The highest BCUT2D eigenvalue weighted by atomic mass is 32.2. The normalized spacial score (nSPS) is 26.6. The Morgan fingerprint density at radius 3 is 2.36 bits per heavy atom. The maximum absolute atomic E-state index is 13.2. The number of benzene rings is 2. The van der Waals surface area contributed by atoms with E-state index in [9.17, 15) is 17.9 Å². The third-order valence-electron chi connectivity index (χ3n) is 7.17. The highest BCUT2D eigenvalue weighted by molar-refractivity contribution is 7.89. The number of nitrogens with one attached hydrogen (secondary N) is 1. The minimum Gasteiger partial charge on any atom is -0.344 e. The molecule has 2 aromatic carbocycles. The van der Waals surface area contributed by atoms with Gasteiger partial charge >= 0.3 is 0 Å². The van der Waals surface area contributed by atoms with E-state index in [1.165, 1.54) is 13.1 Å². The van der Waals surface area contributed by atoms with Crippen molar-refractivity contribution in [1.82, 2.24) is 4.72 Å². The Kier molecular flexibility index (Phi) is 7.59. The number of hydrogen-bond donors (Lipinski definition) is 2. The van der Waals surface area contributed by atoms with Gasteiger partial charge in [0.15, 0.2) is 7.37 Å². The van der Waals surface area contributed by atoms with E-state index in [0.717, 1.165) is 36.8 Å². The number of unbranched alkanes of at least 4 members (excludes halogenated alkanes) is 1. The Balaban J connectivity index is 1.39. The summed E-state index contributed by atoms with van der Waals surface area (Å²) in [7, 11) is -6.52. The molecule has 0 heterocycles. The molecule has 2 aromatic rings. The van der Waals surface area contributed by atoms with Gasteiger partial charge in [-0.05, 0) is 79.5 Å². The zero-order chi connectivity index (χ0) is 23.5. The molecular weight excluding hydrogens is 453 g/mol. The molecule has 33 heavy (non-hydrogen) atoms. The summed E-state index contributed by atoms with van der Waals surface area (Å²) in [6.45, 7) is 1.40. The van der Waals surface area contributed by atoms with E-state index in [2.05, 4.69) is 16.9 Å². The first kappa shape index (κ1) is 24.4. The van der Waals surface area contributed by atoms with Crippen LogP contribution in [0.15, 0.2) is 71.6 Å². The molecule has 0 radical (unpaired) electrons. The standard InChI is InChI=1S/C26H34NO4PS/c1-32(28,29)18-8-3-2-7-11-25-22-12-13-23(19-22)26(25)27-33(30,31)24-16-14-21(15-17-24)20-9-5-4-6-10-20/h2,4-7,9-10,14-17,22-23,25-27H,3,8,11-13,18-19H2,1H3,(H,28,29)/b7-2-/t22?,23-,25?,26?/m1/s1. The average molecular weight is 488 g/mol. The molecule has 0 aliphatic heterocycles. The van der Waals surface area contributed by atoms with Crippen molar-refractivity contribution in [1.29, 1.82) is 0 Å². The Labute approximate surface area is 197 Å². The quantitative estimate of drug-likeness (QED) is 0.257. The molecule has 2 fully saturated rings. The number of sulfonamides is 1. The number of rotatable bonds is 10. The van der Waals surface area contributed by atoms with Gasteiger partial charge in [-0.3, -0.25) is 4.57 Å². The summed E-state index contributed by atoms with van der Waals surface area (Å²) < 4.78 is 40.8. The maximum atomic E-state index is 13.2. The van der Waals surface area contributed by atoms with Crippen LogP contribution in [0.1, 0.15) is 38.5 Å². The highest BCUT2D eigenvalue weighted by Crippen LogP contribution is 2.50. The molecule has 2 aliphatic rings. The first-order valence-electron chi connectivity index (χ1n) is 11.8. The summed E-state index contributed by atoms with van der Waals surface area (Å²) in [6, 6.07) is 17.0. The van der Waals surface area contributed by atoms with Crippen molar-refractivity contribution < 1.29 is 17.9 Å². The van der Waals surface area contributed by atoms with Crippen LogP contribution >= 0.6 is 7.37 Å². The van der Waals surface area contributed by atoms with Crippen molar-refractivity contribution >= 4 is 17.4 Å². The van der Waals surface area contributed by atoms with Crippen LogP contribution in [0.4, 0.5) is 0 Å². The van der Waals surface area contributed by atoms with Crippen LogP contribution in [0.5, 0.6) is 0 Å². The fourth-order valence-electron chi connectivity index (χ4n) is 5.51. The zero-order valence-electron chi connectivity index (χ0n) is 19.1. The monoisotopic (exact) mass is 487 g/mol. The van der Waals surface area contributed by atoms with Crippen LogP contribution < -0.4 is 4.72 Å². The molecule has 4 unspecified atom stereocenters. The lowest BCUT2D eigenvalue weighted by Crippen LogP contribution is -2.43. The summed E-state index contributed by atoms with van der Waals surface area (Å²) in [4.78, 5) is 9.71. The first-order valence-corrected chi connectivity index (χ1v) is 15.6. The Hall–Kier alpha value is -1.72. The third-order valence-corrected chi connectivity index (χ3v) is 9.79. The van der Waals surface area contributed by atoms with Gasteiger partial charge in [0.1, 0.15) is 0 Å². The van der Waals surface area contributed by atoms with E-state index in [-0.39, 0.29) is 6.04 Å². The zero-order valence-corrected chi connectivity index (χ0v) is 20.8. The lowest BCUT2D eigenvalue weighted by atomic mass is 9.83. The molecule has 5 atom stereocenters. The molecule has 2 saturated carbocycles. The Morgan fingerprint density at radius 2 is 1.67 bits per heavy atom.